The van der Waals surface area contributed by atoms with Crippen molar-refractivity contribution in [1.82, 2.24) is 4.90 Å². The lowest BCUT2D eigenvalue weighted by atomic mass is 10.0. The van der Waals surface area contributed by atoms with E-state index in [-0.39, 0.29) is 11.9 Å². The Morgan fingerprint density at radius 1 is 1.28 bits per heavy atom. The van der Waals surface area contributed by atoms with Crippen molar-refractivity contribution in [2.75, 3.05) is 7.05 Å². The van der Waals surface area contributed by atoms with E-state index >= 15 is 0 Å². The molecule has 1 aromatic carbocycles. The molecule has 1 fully saturated rings. The molecule has 2 N–H and O–H groups in total. The molecule has 2 atom stereocenters. The zero-order valence-corrected chi connectivity index (χ0v) is 11.1. The molecule has 0 aromatic heterocycles. The molecule has 18 heavy (non-hydrogen) atoms. The third-order valence-electron chi connectivity index (χ3n) is 3.92. The fourth-order valence-electron chi connectivity index (χ4n) is 2.90. The fourth-order valence-corrected chi connectivity index (χ4v) is 2.90. The molecular formula is C15H23FN2. The minimum Gasteiger partial charge on any atom is -0.326 e. The number of hydrogen-bond donors (Lipinski definition) is 1. The van der Waals surface area contributed by atoms with Crippen LogP contribution in [0.15, 0.2) is 24.3 Å². The molecule has 0 spiro atoms. The molecule has 0 saturated heterocycles. The Labute approximate surface area is 109 Å². The van der Waals surface area contributed by atoms with Gasteiger partial charge in [-0.15, -0.1) is 0 Å². The largest absolute Gasteiger partial charge is 0.326 e. The van der Waals surface area contributed by atoms with Gasteiger partial charge < -0.3 is 5.73 Å². The summed E-state index contributed by atoms with van der Waals surface area (Å²) in [5.74, 6) is -0.161. The quantitative estimate of drug-likeness (QED) is 0.836. The zero-order chi connectivity index (χ0) is 13.0. The summed E-state index contributed by atoms with van der Waals surface area (Å²) in [7, 11) is 2.10. The van der Waals surface area contributed by atoms with Gasteiger partial charge in [0.15, 0.2) is 0 Å². The maximum Gasteiger partial charge on any atom is 0.123 e. The number of halogens is 1. The molecule has 1 aliphatic rings. The Kier molecular flexibility index (Phi) is 4.72. The molecule has 0 radical (unpaired) electrons. The lowest BCUT2D eigenvalue weighted by molar-refractivity contribution is 0.193. The predicted octanol–water partition coefficient (Wildman–Crippen LogP) is 2.92. The smallest absolute Gasteiger partial charge is 0.123 e. The summed E-state index contributed by atoms with van der Waals surface area (Å²) in [5, 5.41) is 0. The molecule has 0 heterocycles. The number of rotatable bonds is 3. The van der Waals surface area contributed by atoms with Crippen LogP contribution < -0.4 is 5.73 Å². The van der Waals surface area contributed by atoms with Crippen molar-refractivity contribution >= 4 is 0 Å². The van der Waals surface area contributed by atoms with Crippen LogP contribution in [0, 0.1) is 5.82 Å². The van der Waals surface area contributed by atoms with Gasteiger partial charge in [-0.1, -0.05) is 31.4 Å². The average Bonchev–Trinajstić information content (AvgIpc) is 2.54. The molecule has 2 rings (SSSR count). The van der Waals surface area contributed by atoms with Gasteiger partial charge in [0.05, 0.1) is 0 Å². The van der Waals surface area contributed by atoms with Gasteiger partial charge in [0.1, 0.15) is 5.82 Å². The highest BCUT2D eigenvalue weighted by atomic mass is 19.1. The molecule has 3 heteroatoms. The van der Waals surface area contributed by atoms with E-state index < -0.39 is 0 Å². The number of nitrogens with two attached hydrogens (primary N) is 1. The number of nitrogens with zero attached hydrogens (tertiary/aromatic N) is 1. The van der Waals surface area contributed by atoms with Crippen molar-refractivity contribution in [1.29, 1.82) is 0 Å². The van der Waals surface area contributed by atoms with Crippen LogP contribution in [0.25, 0.3) is 0 Å². The van der Waals surface area contributed by atoms with E-state index in [0.717, 1.165) is 24.9 Å². The first-order valence-electron chi connectivity index (χ1n) is 6.87. The summed E-state index contributed by atoms with van der Waals surface area (Å²) in [6, 6.07) is 7.52. The third kappa shape index (κ3) is 3.53. The normalized spacial score (nSPS) is 25.1. The molecule has 0 bridgehead atoms. The van der Waals surface area contributed by atoms with Crippen LogP contribution in [0.1, 0.15) is 37.7 Å². The summed E-state index contributed by atoms with van der Waals surface area (Å²) in [6.45, 7) is 0.774. The second-order valence-electron chi connectivity index (χ2n) is 5.41. The van der Waals surface area contributed by atoms with Gasteiger partial charge in [-0.3, -0.25) is 4.90 Å². The molecule has 2 nitrogen and oxygen atoms in total. The van der Waals surface area contributed by atoms with E-state index in [1.807, 2.05) is 6.07 Å². The maximum absolute atomic E-state index is 13.2. The standard InChI is InChI=1S/C15H23FN2/c1-18(11-12-6-5-7-13(16)10-12)15-9-4-2-3-8-14(15)17/h5-7,10,14-15H,2-4,8-9,11,17H2,1H3. The van der Waals surface area contributed by atoms with Crippen molar-refractivity contribution in [3.63, 3.8) is 0 Å². The van der Waals surface area contributed by atoms with Crippen molar-refractivity contribution in [2.45, 2.75) is 50.7 Å². The molecular weight excluding hydrogens is 227 g/mol. The van der Waals surface area contributed by atoms with Crippen LogP contribution in [0.4, 0.5) is 4.39 Å². The summed E-state index contributed by atoms with van der Waals surface area (Å²) in [4.78, 5) is 2.28. The highest BCUT2D eigenvalue weighted by Gasteiger charge is 2.23. The van der Waals surface area contributed by atoms with E-state index in [2.05, 4.69) is 11.9 Å². The van der Waals surface area contributed by atoms with Gasteiger partial charge in [-0.2, -0.15) is 0 Å². The lowest BCUT2D eigenvalue weighted by Gasteiger charge is -2.31. The van der Waals surface area contributed by atoms with E-state index in [9.17, 15) is 4.39 Å². The third-order valence-corrected chi connectivity index (χ3v) is 3.92. The summed E-state index contributed by atoms with van der Waals surface area (Å²) >= 11 is 0. The van der Waals surface area contributed by atoms with E-state index in [1.54, 1.807) is 12.1 Å². The molecule has 1 saturated carbocycles. The summed E-state index contributed by atoms with van der Waals surface area (Å²) in [6.07, 6.45) is 6.06. The minimum absolute atomic E-state index is 0.161. The van der Waals surface area contributed by atoms with Crippen molar-refractivity contribution < 1.29 is 4.39 Å². The Morgan fingerprint density at radius 3 is 2.83 bits per heavy atom. The average molecular weight is 250 g/mol. The Bertz CT molecular complexity index is 381. The van der Waals surface area contributed by atoms with E-state index in [4.69, 9.17) is 5.73 Å². The van der Waals surface area contributed by atoms with Gasteiger partial charge in [-0.05, 0) is 37.6 Å². The first-order chi connectivity index (χ1) is 8.66. The molecule has 2 unspecified atom stereocenters. The summed E-state index contributed by atoms with van der Waals surface area (Å²) < 4.78 is 13.2. The summed E-state index contributed by atoms with van der Waals surface area (Å²) in [5.41, 5.74) is 7.27. The lowest BCUT2D eigenvalue weighted by Crippen LogP contribution is -2.45. The van der Waals surface area contributed by atoms with Crippen LogP contribution in [-0.2, 0) is 6.54 Å². The molecule has 0 amide bonds. The van der Waals surface area contributed by atoms with E-state index in [1.165, 1.54) is 25.3 Å². The predicted molar refractivity (Wildman–Crippen MR) is 72.7 cm³/mol. The zero-order valence-electron chi connectivity index (χ0n) is 11.1. The van der Waals surface area contributed by atoms with Gasteiger partial charge in [0.25, 0.3) is 0 Å². The Hall–Kier alpha value is -0.930. The van der Waals surface area contributed by atoms with Gasteiger partial charge >= 0.3 is 0 Å². The van der Waals surface area contributed by atoms with Gasteiger partial charge in [0, 0.05) is 18.6 Å². The molecule has 0 aliphatic heterocycles. The highest BCUT2D eigenvalue weighted by Crippen LogP contribution is 2.21. The minimum atomic E-state index is -0.161. The monoisotopic (exact) mass is 250 g/mol. The van der Waals surface area contributed by atoms with Crippen molar-refractivity contribution in [3.8, 4) is 0 Å². The number of likely N-dealkylation sites (N-methyl/N-ethyl adjacent to an activating group) is 1. The van der Waals surface area contributed by atoms with Gasteiger partial charge in [-0.25, -0.2) is 4.39 Å². The second-order valence-corrected chi connectivity index (χ2v) is 5.41. The van der Waals surface area contributed by atoms with Crippen LogP contribution >= 0.6 is 0 Å². The first kappa shape index (κ1) is 13.5. The number of hydrogen-bond acceptors (Lipinski definition) is 2. The highest BCUT2D eigenvalue weighted by molar-refractivity contribution is 5.16. The molecule has 100 valence electrons. The van der Waals surface area contributed by atoms with Crippen LogP contribution in [0.5, 0.6) is 0 Å². The molecule has 1 aromatic rings. The van der Waals surface area contributed by atoms with Crippen LogP contribution in [0.2, 0.25) is 0 Å². The van der Waals surface area contributed by atoms with Crippen molar-refractivity contribution in [2.24, 2.45) is 5.73 Å². The molecule has 1 aliphatic carbocycles. The Morgan fingerprint density at radius 2 is 2.06 bits per heavy atom. The maximum atomic E-state index is 13.2. The topological polar surface area (TPSA) is 29.3 Å². The van der Waals surface area contributed by atoms with E-state index in [0.29, 0.717) is 6.04 Å². The fraction of sp³-hybridized carbons (Fsp3) is 0.600. The van der Waals surface area contributed by atoms with Crippen LogP contribution in [0.3, 0.4) is 0 Å². The Balaban J connectivity index is 1.99. The van der Waals surface area contributed by atoms with Gasteiger partial charge in [0.2, 0.25) is 0 Å². The first-order valence-corrected chi connectivity index (χ1v) is 6.87. The second kappa shape index (κ2) is 6.30. The SMILES string of the molecule is CN(Cc1cccc(F)c1)C1CCCCCC1N. The van der Waals surface area contributed by atoms with Crippen LogP contribution in [-0.4, -0.2) is 24.0 Å². The number of benzene rings is 1. The van der Waals surface area contributed by atoms with Crippen molar-refractivity contribution in [3.05, 3.63) is 35.6 Å².